The highest BCUT2D eigenvalue weighted by atomic mass is 32.1. The number of aryl methyl sites for hydroxylation is 2. The van der Waals surface area contributed by atoms with Crippen molar-refractivity contribution in [2.24, 2.45) is 11.8 Å². The SMILES string of the molecule is COc1ccc(C(=O)NCC2C3CC3CN2C(=O)c2nc(C)sc2-c2cccc(C)c2)cc1F. The molecule has 3 atom stereocenters. The van der Waals surface area contributed by atoms with E-state index >= 15 is 0 Å². The number of fused-ring (bicyclic) bond motifs is 1. The van der Waals surface area contributed by atoms with Crippen LogP contribution in [0.2, 0.25) is 0 Å². The number of carbonyl (C=O) groups is 2. The third-order valence-corrected chi connectivity index (χ3v) is 7.69. The molecule has 5 rings (SSSR count). The summed E-state index contributed by atoms with van der Waals surface area (Å²) >= 11 is 1.52. The number of benzene rings is 2. The van der Waals surface area contributed by atoms with E-state index in [1.165, 1.54) is 30.6 Å². The highest BCUT2D eigenvalue weighted by Crippen LogP contribution is 2.50. The predicted octanol–water partition coefficient (Wildman–Crippen LogP) is 4.47. The Morgan fingerprint density at radius 3 is 2.79 bits per heavy atom. The van der Waals surface area contributed by atoms with Crippen molar-refractivity contribution in [3.05, 3.63) is 70.1 Å². The Hall–Kier alpha value is -3.26. The van der Waals surface area contributed by atoms with E-state index in [0.717, 1.165) is 33.5 Å². The number of thiazole rings is 1. The highest BCUT2D eigenvalue weighted by molar-refractivity contribution is 7.15. The van der Waals surface area contributed by atoms with Gasteiger partial charge in [0, 0.05) is 18.7 Å². The van der Waals surface area contributed by atoms with E-state index in [1.54, 1.807) is 0 Å². The lowest BCUT2D eigenvalue weighted by Gasteiger charge is -2.27. The molecule has 2 aliphatic rings. The molecule has 1 aromatic heterocycles. The van der Waals surface area contributed by atoms with Crippen molar-refractivity contribution in [3.8, 4) is 16.2 Å². The van der Waals surface area contributed by atoms with E-state index in [0.29, 0.717) is 30.6 Å². The Morgan fingerprint density at radius 1 is 1.24 bits per heavy atom. The fourth-order valence-electron chi connectivity index (χ4n) is 4.86. The number of hydrogen-bond acceptors (Lipinski definition) is 5. The number of hydrogen-bond donors (Lipinski definition) is 1. The van der Waals surface area contributed by atoms with Crippen molar-refractivity contribution in [2.75, 3.05) is 20.2 Å². The molecule has 34 heavy (non-hydrogen) atoms. The van der Waals surface area contributed by atoms with Crippen LogP contribution in [0.1, 0.15) is 37.8 Å². The molecule has 8 heteroatoms. The Morgan fingerprint density at radius 2 is 2.06 bits per heavy atom. The second-order valence-electron chi connectivity index (χ2n) is 9.02. The topological polar surface area (TPSA) is 71.5 Å². The van der Waals surface area contributed by atoms with E-state index in [-0.39, 0.29) is 29.2 Å². The van der Waals surface area contributed by atoms with Gasteiger partial charge in [0.2, 0.25) is 0 Å². The summed E-state index contributed by atoms with van der Waals surface area (Å²) in [5, 5.41) is 3.74. The largest absolute Gasteiger partial charge is 0.494 e. The molecule has 0 spiro atoms. The zero-order valence-corrected chi connectivity index (χ0v) is 20.1. The average Bonchev–Trinajstić information content (AvgIpc) is 3.33. The summed E-state index contributed by atoms with van der Waals surface area (Å²) in [5.41, 5.74) is 2.81. The quantitative estimate of drug-likeness (QED) is 0.567. The van der Waals surface area contributed by atoms with Crippen LogP contribution in [0.15, 0.2) is 42.5 Å². The number of amides is 2. The van der Waals surface area contributed by atoms with Crippen molar-refractivity contribution >= 4 is 23.2 Å². The van der Waals surface area contributed by atoms with Crippen molar-refractivity contribution in [1.29, 1.82) is 0 Å². The number of halogens is 1. The summed E-state index contributed by atoms with van der Waals surface area (Å²) in [6.07, 6.45) is 1.06. The maximum absolute atomic E-state index is 14.0. The maximum Gasteiger partial charge on any atom is 0.274 e. The lowest BCUT2D eigenvalue weighted by atomic mass is 10.1. The smallest absolute Gasteiger partial charge is 0.274 e. The van der Waals surface area contributed by atoms with Crippen molar-refractivity contribution < 1.29 is 18.7 Å². The molecule has 0 radical (unpaired) electrons. The summed E-state index contributed by atoms with van der Waals surface area (Å²) in [6.45, 7) is 4.93. The second kappa shape index (κ2) is 8.83. The number of rotatable bonds is 6. The van der Waals surface area contributed by atoms with Gasteiger partial charge in [-0.1, -0.05) is 29.8 Å². The normalized spacial score (nSPS) is 20.7. The van der Waals surface area contributed by atoms with Gasteiger partial charge in [-0.2, -0.15) is 0 Å². The van der Waals surface area contributed by atoms with Gasteiger partial charge in [0.1, 0.15) is 5.69 Å². The third-order valence-electron chi connectivity index (χ3n) is 6.67. The minimum atomic E-state index is -0.586. The number of likely N-dealkylation sites (tertiary alicyclic amines) is 1. The minimum absolute atomic E-state index is 0.0907. The predicted molar refractivity (Wildman–Crippen MR) is 129 cm³/mol. The summed E-state index contributed by atoms with van der Waals surface area (Å²) in [7, 11) is 1.38. The molecule has 1 saturated carbocycles. The summed E-state index contributed by atoms with van der Waals surface area (Å²) in [6, 6.07) is 12.1. The first-order valence-corrected chi connectivity index (χ1v) is 12.1. The van der Waals surface area contributed by atoms with Gasteiger partial charge in [-0.3, -0.25) is 9.59 Å². The van der Waals surface area contributed by atoms with Crippen LogP contribution >= 0.6 is 11.3 Å². The molecule has 2 fully saturated rings. The third kappa shape index (κ3) is 4.18. The number of methoxy groups -OCH3 is 1. The van der Waals surface area contributed by atoms with E-state index in [9.17, 15) is 14.0 Å². The molecule has 1 N–H and O–H groups in total. The second-order valence-corrected chi connectivity index (χ2v) is 10.2. The van der Waals surface area contributed by atoms with Gasteiger partial charge in [-0.05, 0) is 55.9 Å². The van der Waals surface area contributed by atoms with Crippen LogP contribution in [0.3, 0.4) is 0 Å². The number of nitrogens with one attached hydrogen (secondary N) is 1. The van der Waals surface area contributed by atoms with Gasteiger partial charge in [0.15, 0.2) is 11.6 Å². The number of nitrogens with zero attached hydrogens (tertiary/aromatic N) is 2. The zero-order chi connectivity index (χ0) is 24.0. The maximum atomic E-state index is 14.0. The van der Waals surface area contributed by atoms with Crippen LogP contribution < -0.4 is 10.1 Å². The Kier molecular flexibility index (Phi) is 5.85. The standard InChI is InChI=1S/C26H26FN3O3S/c1-14-5-4-6-16(9-14)24-23(29-15(2)34-24)26(32)30-13-18-10-19(18)21(30)12-28-25(31)17-7-8-22(33-3)20(27)11-17/h4-9,11,18-19,21H,10,12-13H2,1-3H3,(H,28,31). The van der Waals surface area contributed by atoms with Crippen LogP contribution in [0, 0.1) is 31.5 Å². The van der Waals surface area contributed by atoms with Crippen LogP contribution in [-0.2, 0) is 0 Å². The molecule has 1 aliphatic heterocycles. The molecular weight excluding hydrogens is 453 g/mol. The van der Waals surface area contributed by atoms with E-state index in [2.05, 4.69) is 16.4 Å². The highest BCUT2D eigenvalue weighted by Gasteiger charge is 2.54. The van der Waals surface area contributed by atoms with Crippen LogP contribution in [-0.4, -0.2) is 47.9 Å². The Labute approximate surface area is 201 Å². The Balaban J connectivity index is 1.33. The van der Waals surface area contributed by atoms with E-state index in [1.807, 2.05) is 36.9 Å². The van der Waals surface area contributed by atoms with Gasteiger partial charge in [0.05, 0.1) is 23.0 Å². The molecule has 6 nitrogen and oxygen atoms in total. The number of aromatic nitrogens is 1. The molecule has 1 saturated heterocycles. The fourth-order valence-corrected chi connectivity index (χ4v) is 5.77. The van der Waals surface area contributed by atoms with Gasteiger partial charge in [-0.15, -0.1) is 11.3 Å². The fraction of sp³-hybridized carbons (Fsp3) is 0.346. The summed E-state index contributed by atoms with van der Waals surface area (Å²) < 4.78 is 18.9. The first-order valence-electron chi connectivity index (χ1n) is 11.3. The van der Waals surface area contributed by atoms with E-state index < -0.39 is 5.82 Å². The lowest BCUT2D eigenvalue weighted by molar-refractivity contribution is 0.0690. The minimum Gasteiger partial charge on any atom is -0.494 e. The van der Waals surface area contributed by atoms with E-state index in [4.69, 9.17) is 4.74 Å². The molecule has 3 unspecified atom stereocenters. The first kappa shape index (κ1) is 22.5. The van der Waals surface area contributed by atoms with Gasteiger partial charge in [-0.25, -0.2) is 9.37 Å². The first-order chi connectivity index (χ1) is 16.4. The number of piperidine rings is 1. The molecule has 2 amide bonds. The monoisotopic (exact) mass is 479 g/mol. The lowest BCUT2D eigenvalue weighted by Crippen LogP contribution is -2.45. The molecule has 3 aromatic rings. The van der Waals surface area contributed by atoms with Crippen molar-refractivity contribution in [2.45, 2.75) is 26.3 Å². The van der Waals surface area contributed by atoms with Gasteiger partial charge in [0.25, 0.3) is 11.8 Å². The van der Waals surface area contributed by atoms with Crippen molar-refractivity contribution in [3.63, 3.8) is 0 Å². The van der Waals surface area contributed by atoms with Crippen LogP contribution in [0.5, 0.6) is 5.75 Å². The summed E-state index contributed by atoms with van der Waals surface area (Å²) in [5.74, 6) is -0.123. The van der Waals surface area contributed by atoms with Crippen LogP contribution in [0.25, 0.3) is 10.4 Å². The molecule has 1 aliphatic carbocycles. The molecule has 2 aromatic carbocycles. The molecule has 176 valence electrons. The average molecular weight is 480 g/mol. The summed E-state index contributed by atoms with van der Waals surface area (Å²) in [4.78, 5) is 33.6. The van der Waals surface area contributed by atoms with Crippen LogP contribution in [0.4, 0.5) is 4.39 Å². The molecular formula is C26H26FN3O3S. The Bertz CT molecular complexity index is 1270. The number of ether oxygens (including phenoxy) is 1. The number of carbonyl (C=O) groups excluding carboxylic acids is 2. The van der Waals surface area contributed by atoms with Crippen molar-refractivity contribution in [1.82, 2.24) is 15.2 Å². The zero-order valence-electron chi connectivity index (χ0n) is 19.3. The molecule has 2 heterocycles. The van der Waals surface area contributed by atoms with Gasteiger partial charge < -0.3 is 15.0 Å². The van der Waals surface area contributed by atoms with Gasteiger partial charge >= 0.3 is 0 Å². The molecule has 0 bridgehead atoms.